The van der Waals surface area contributed by atoms with Crippen molar-refractivity contribution in [1.82, 2.24) is 0 Å². The predicted octanol–water partition coefficient (Wildman–Crippen LogP) is 1.62. The average molecular weight is 260 g/mol. The quantitative estimate of drug-likeness (QED) is 0.868. The molecule has 1 aromatic carbocycles. The summed E-state index contributed by atoms with van der Waals surface area (Å²) < 4.78 is 6.01. The molecule has 3 N–H and O–H groups in total. The van der Waals surface area contributed by atoms with E-state index in [1.165, 1.54) is 0 Å². The Morgan fingerprint density at radius 3 is 2.71 bits per heavy atom. The number of rotatable bonds is 3. The molecule has 1 rings (SSSR count). The van der Waals surface area contributed by atoms with Crippen LogP contribution >= 0.6 is 15.9 Å². The third kappa shape index (κ3) is 2.08. The Morgan fingerprint density at radius 2 is 2.21 bits per heavy atom. The highest BCUT2D eigenvalue weighted by Crippen LogP contribution is 2.35. The fraction of sp³-hybridized carbons (Fsp3) is 0.400. The van der Waals surface area contributed by atoms with E-state index < -0.39 is 5.60 Å². The summed E-state index contributed by atoms with van der Waals surface area (Å²) in [5.41, 5.74) is 5.12. The molecule has 0 radical (unpaired) electrons. The number of hydrogen-bond donors (Lipinski definition) is 2. The molecule has 78 valence electrons. The van der Waals surface area contributed by atoms with Crippen LogP contribution < -0.4 is 10.5 Å². The Kier molecular flexibility index (Phi) is 3.53. The fourth-order valence-electron chi connectivity index (χ4n) is 1.25. The highest BCUT2D eigenvalue weighted by atomic mass is 79.9. The second-order valence-corrected chi connectivity index (χ2v) is 4.15. The molecule has 1 unspecified atom stereocenters. The van der Waals surface area contributed by atoms with Crippen molar-refractivity contribution in [3.8, 4) is 5.75 Å². The van der Waals surface area contributed by atoms with Crippen LogP contribution in [0.5, 0.6) is 5.75 Å². The molecule has 14 heavy (non-hydrogen) atoms. The van der Waals surface area contributed by atoms with E-state index in [1.807, 2.05) is 12.1 Å². The van der Waals surface area contributed by atoms with Crippen LogP contribution in [0.1, 0.15) is 12.5 Å². The van der Waals surface area contributed by atoms with Gasteiger partial charge in [0.15, 0.2) is 0 Å². The van der Waals surface area contributed by atoms with Gasteiger partial charge in [-0.3, -0.25) is 0 Å². The lowest BCUT2D eigenvalue weighted by Gasteiger charge is -2.24. The van der Waals surface area contributed by atoms with Crippen LogP contribution in [0.15, 0.2) is 22.7 Å². The zero-order valence-electron chi connectivity index (χ0n) is 8.25. The molecule has 0 spiro atoms. The summed E-state index contributed by atoms with van der Waals surface area (Å²) in [5.74, 6) is 0.628. The van der Waals surface area contributed by atoms with Crippen LogP contribution in [-0.4, -0.2) is 18.8 Å². The fourth-order valence-corrected chi connectivity index (χ4v) is 1.78. The van der Waals surface area contributed by atoms with Gasteiger partial charge in [0.1, 0.15) is 11.4 Å². The Hall–Kier alpha value is -0.580. The van der Waals surface area contributed by atoms with Crippen molar-refractivity contribution >= 4 is 15.9 Å². The van der Waals surface area contributed by atoms with Crippen molar-refractivity contribution in [2.24, 2.45) is 5.73 Å². The van der Waals surface area contributed by atoms with Crippen LogP contribution in [-0.2, 0) is 5.60 Å². The molecule has 0 amide bonds. The van der Waals surface area contributed by atoms with Gasteiger partial charge in [-0.05, 0) is 28.9 Å². The molecular formula is C10H14BrNO2. The minimum Gasteiger partial charge on any atom is -0.495 e. The van der Waals surface area contributed by atoms with Crippen molar-refractivity contribution in [3.63, 3.8) is 0 Å². The normalized spacial score (nSPS) is 14.9. The lowest BCUT2D eigenvalue weighted by atomic mass is 9.95. The summed E-state index contributed by atoms with van der Waals surface area (Å²) in [6, 6.07) is 5.50. The Bertz CT molecular complexity index is 326. The van der Waals surface area contributed by atoms with E-state index in [4.69, 9.17) is 10.5 Å². The van der Waals surface area contributed by atoms with Crippen LogP contribution in [0.25, 0.3) is 0 Å². The Labute approximate surface area is 92.0 Å². The van der Waals surface area contributed by atoms with Crippen molar-refractivity contribution in [2.45, 2.75) is 12.5 Å². The van der Waals surface area contributed by atoms with E-state index >= 15 is 0 Å². The smallest absolute Gasteiger partial charge is 0.139 e. The minimum absolute atomic E-state index is 0.153. The van der Waals surface area contributed by atoms with Crippen molar-refractivity contribution in [2.75, 3.05) is 13.7 Å². The number of methoxy groups -OCH3 is 1. The second kappa shape index (κ2) is 4.29. The maximum Gasteiger partial charge on any atom is 0.139 e. The van der Waals surface area contributed by atoms with Crippen molar-refractivity contribution < 1.29 is 9.84 Å². The summed E-state index contributed by atoms with van der Waals surface area (Å²) in [7, 11) is 1.57. The molecule has 0 bridgehead atoms. The van der Waals surface area contributed by atoms with Gasteiger partial charge in [0.05, 0.1) is 11.6 Å². The molecule has 0 aliphatic rings. The number of benzene rings is 1. The van der Waals surface area contributed by atoms with E-state index in [2.05, 4.69) is 15.9 Å². The molecule has 3 nitrogen and oxygen atoms in total. The zero-order valence-corrected chi connectivity index (χ0v) is 9.84. The van der Waals surface area contributed by atoms with E-state index in [0.717, 1.165) is 4.47 Å². The highest BCUT2D eigenvalue weighted by molar-refractivity contribution is 9.10. The van der Waals surface area contributed by atoms with Gasteiger partial charge in [-0.2, -0.15) is 0 Å². The summed E-state index contributed by atoms with van der Waals surface area (Å²) in [5, 5.41) is 10.0. The highest BCUT2D eigenvalue weighted by Gasteiger charge is 2.25. The lowest BCUT2D eigenvalue weighted by Crippen LogP contribution is -2.31. The SMILES string of the molecule is COc1c(Br)cccc1C(C)(O)CN. The largest absolute Gasteiger partial charge is 0.495 e. The minimum atomic E-state index is -1.06. The first-order valence-corrected chi connectivity index (χ1v) is 5.07. The summed E-state index contributed by atoms with van der Waals surface area (Å²) >= 11 is 3.35. The van der Waals surface area contributed by atoms with E-state index in [-0.39, 0.29) is 6.54 Å². The third-order valence-electron chi connectivity index (χ3n) is 2.15. The number of ether oxygens (including phenoxy) is 1. The Morgan fingerprint density at radius 1 is 1.57 bits per heavy atom. The standard InChI is InChI=1S/C10H14BrNO2/c1-10(13,6-12)7-4-3-5-8(11)9(7)14-2/h3-5,13H,6,12H2,1-2H3. The topological polar surface area (TPSA) is 55.5 Å². The Balaban J connectivity index is 3.27. The maximum atomic E-state index is 10.0. The molecule has 0 aromatic heterocycles. The molecule has 0 saturated carbocycles. The van der Waals surface area contributed by atoms with Crippen LogP contribution in [0, 0.1) is 0 Å². The maximum absolute atomic E-state index is 10.0. The van der Waals surface area contributed by atoms with E-state index in [1.54, 1.807) is 20.1 Å². The molecule has 0 aliphatic carbocycles. The molecule has 1 aromatic rings. The summed E-state index contributed by atoms with van der Waals surface area (Å²) in [6.07, 6.45) is 0. The molecule has 4 heteroatoms. The molecular weight excluding hydrogens is 246 g/mol. The molecule has 0 saturated heterocycles. The van der Waals surface area contributed by atoms with E-state index in [0.29, 0.717) is 11.3 Å². The first-order valence-electron chi connectivity index (χ1n) is 4.28. The van der Waals surface area contributed by atoms with Crippen LogP contribution in [0.3, 0.4) is 0 Å². The van der Waals surface area contributed by atoms with Gasteiger partial charge in [0.2, 0.25) is 0 Å². The number of nitrogens with two attached hydrogens (primary N) is 1. The monoisotopic (exact) mass is 259 g/mol. The zero-order chi connectivity index (χ0) is 10.8. The molecule has 0 heterocycles. The number of para-hydroxylation sites is 1. The molecule has 0 aliphatic heterocycles. The molecule has 0 fully saturated rings. The van der Waals surface area contributed by atoms with Gasteiger partial charge in [0.25, 0.3) is 0 Å². The molecule has 1 atom stereocenters. The predicted molar refractivity (Wildman–Crippen MR) is 59.3 cm³/mol. The number of aliphatic hydroxyl groups is 1. The first kappa shape index (κ1) is 11.5. The second-order valence-electron chi connectivity index (χ2n) is 3.30. The summed E-state index contributed by atoms with van der Waals surface area (Å²) in [4.78, 5) is 0. The van der Waals surface area contributed by atoms with Gasteiger partial charge >= 0.3 is 0 Å². The number of halogens is 1. The van der Waals surface area contributed by atoms with Gasteiger partial charge in [-0.25, -0.2) is 0 Å². The third-order valence-corrected chi connectivity index (χ3v) is 2.77. The van der Waals surface area contributed by atoms with Gasteiger partial charge in [-0.1, -0.05) is 12.1 Å². The van der Waals surface area contributed by atoms with Crippen molar-refractivity contribution in [3.05, 3.63) is 28.2 Å². The van der Waals surface area contributed by atoms with E-state index in [9.17, 15) is 5.11 Å². The van der Waals surface area contributed by atoms with Crippen LogP contribution in [0.2, 0.25) is 0 Å². The number of hydrogen-bond acceptors (Lipinski definition) is 3. The van der Waals surface area contributed by atoms with Crippen LogP contribution in [0.4, 0.5) is 0 Å². The van der Waals surface area contributed by atoms with Gasteiger partial charge < -0.3 is 15.6 Å². The first-order chi connectivity index (χ1) is 6.53. The lowest BCUT2D eigenvalue weighted by molar-refractivity contribution is 0.0639. The summed E-state index contributed by atoms with van der Waals surface area (Å²) in [6.45, 7) is 1.82. The van der Waals surface area contributed by atoms with Crippen molar-refractivity contribution in [1.29, 1.82) is 0 Å². The van der Waals surface area contributed by atoms with Gasteiger partial charge in [0, 0.05) is 12.1 Å². The van der Waals surface area contributed by atoms with Gasteiger partial charge in [-0.15, -0.1) is 0 Å². The average Bonchev–Trinajstić information content (AvgIpc) is 2.17.